The molecule has 3 atom stereocenters. The quantitative estimate of drug-likeness (QED) is 0.341. The molecule has 1 saturated carbocycles. The van der Waals surface area contributed by atoms with Crippen LogP contribution in [0.15, 0.2) is 11.6 Å². The Kier molecular flexibility index (Phi) is 4.64. The van der Waals surface area contributed by atoms with Crippen molar-refractivity contribution in [3.05, 3.63) is 11.6 Å². The van der Waals surface area contributed by atoms with Crippen LogP contribution in [0, 0.1) is 0 Å². The maximum Gasteiger partial charge on any atom is 0.330 e. The summed E-state index contributed by atoms with van der Waals surface area (Å²) in [4.78, 5) is 11.8. The topological polar surface area (TPSA) is 48.1 Å². The summed E-state index contributed by atoms with van der Waals surface area (Å²) >= 11 is 0. The first-order valence-electron chi connectivity index (χ1n) is 8.23. The third kappa shape index (κ3) is 3.47. The number of ether oxygens (including phenoxy) is 2. The average Bonchev–Trinajstić information content (AvgIpc) is 2.99. The highest BCUT2D eigenvalue weighted by Gasteiger charge is 2.59. The van der Waals surface area contributed by atoms with Gasteiger partial charge in [-0.2, -0.15) is 0 Å². The lowest BCUT2D eigenvalue weighted by Gasteiger charge is -2.40. The van der Waals surface area contributed by atoms with Gasteiger partial charge in [0, 0.05) is 12.5 Å². The first kappa shape index (κ1) is 17.7. The van der Waals surface area contributed by atoms with Gasteiger partial charge in [0.1, 0.15) is 5.60 Å². The van der Waals surface area contributed by atoms with Gasteiger partial charge in [0.15, 0.2) is 8.32 Å². The zero-order chi connectivity index (χ0) is 16.8. The second-order valence-electron chi connectivity index (χ2n) is 8.08. The summed E-state index contributed by atoms with van der Waals surface area (Å²) in [5.41, 5.74) is 0.742. The van der Waals surface area contributed by atoms with Gasteiger partial charge in [0.05, 0.1) is 18.8 Å². The maximum atomic E-state index is 11.8. The van der Waals surface area contributed by atoms with E-state index in [4.69, 9.17) is 13.9 Å². The van der Waals surface area contributed by atoms with Crippen LogP contribution in [-0.2, 0) is 18.7 Å². The SMILES string of the molecule is CCOC(=O)/C=C1\C[C@@H](O[Si](C)(C)C(C)(C)C)C[C@@H]2O[C@]12C. The predicted octanol–water partition coefficient (Wildman–Crippen LogP) is 3.82. The van der Waals surface area contributed by atoms with E-state index < -0.39 is 8.32 Å². The first-order valence-corrected chi connectivity index (χ1v) is 11.1. The summed E-state index contributed by atoms with van der Waals surface area (Å²) in [6.07, 6.45) is 3.62. The molecule has 22 heavy (non-hydrogen) atoms. The molecule has 0 amide bonds. The van der Waals surface area contributed by atoms with Gasteiger partial charge in [-0.1, -0.05) is 20.8 Å². The summed E-state index contributed by atoms with van der Waals surface area (Å²) < 4.78 is 17.4. The summed E-state index contributed by atoms with van der Waals surface area (Å²) in [5.74, 6) is -0.277. The second kappa shape index (κ2) is 5.76. The standard InChI is InChI=1S/C17H30O4Si/c1-8-19-15(18)10-12-9-13(11-14-17(12,5)20-14)21-22(6,7)16(2,3)4/h10,13-14H,8-9,11H2,1-7H3/b12-10+/t13-,14+,17-/m1/s1. The van der Waals surface area contributed by atoms with E-state index in [-0.39, 0.29) is 28.8 Å². The molecule has 0 aromatic heterocycles. The minimum atomic E-state index is -1.81. The number of rotatable bonds is 4. The Morgan fingerprint density at radius 1 is 1.45 bits per heavy atom. The fourth-order valence-electron chi connectivity index (χ4n) is 2.80. The summed E-state index contributed by atoms with van der Waals surface area (Å²) in [7, 11) is -1.81. The average molecular weight is 327 g/mol. The highest BCUT2D eigenvalue weighted by atomic mass is 28.4. The Bertz CT molecular complexity index is 478. The number of hydrogen-bond donors (Lipinski definition) is 0. The van der Waals surface area contributed by atoms with Crippen LogP contribution >= 0.6 is 0 Å². The van der Waals surface area contributed by atoms with Crippen LogP contribution in [0.4, 0.5) is 0 Å². The lowest BCUT2D eigenvalue weighted by molar-refractivity contribution is -0.137. The van der Waals surface area contributed by atoms with Crippen LogP contribution in [0.25, 0.3) is 0 Å². The van der Waals surface area contributed by atoms with Gasteiger partial charge in [-0.05, 0) is 44.0 Å². The molecule has 0 aromatic rings. The molecular weight excluding hydrogens is 296 g/mol. The molecule has 1 saturated heterocycles. The Hall–Kier alpha value is -0.653. The molecule has 1 aliphatic heterocycles. The van der Waals surface area contributed by atoms with Crippen LogP contribution in [0.2, 0.25) is 18.1 Å². The second-order valence-corrected chi connectivity index (χ2v) is 12.8. The van der Waals surface area contributed by atoms with Gasteiger partial charge in [0.25, 0.3) is 0 Å². The molecule has 0 spiro atoms. The van der Waals surface area contributed by atoms with Crippen molar-refractivity contribution in [3.63, 3.8) is 0 Å². The smallest absolute Gasteiger partial charge is 0.330 e. The number of hydrogen-bond acceptors (Lipinski definition) is 4. The molecule has 2 fully saturated rings. The monoisotopic (exact) mass is 326 g/mol. The molecule has 0 aromatic carbocycles. The molecule has 0 bridgehead atoms. The van der Waals surface area contributed by atoms with Crippen molar-refractivity contribution in [1.82, 2.24) is 0 Å². The highest BCUT2D eigenvalue weighted by Crippen LogP contribution is 2.52. The number of epoxide rings is 1. The molecule has 1 heterocycles. The van der Waals surface area contributed by atoms with Crippen LogP contribution < -0.4 is 0 Å². The van der Waals surface area contributed by atoms with Gasteiger partial charge in [-0.15, -0.1) is 0 Å². The third-order valence-corrected chi connectivity index (χ3v) is 9.89. The zero-order valence-electron chi connectivity index (χ0n) is 15.0. The van der Waals surface area contributed by atoms with E-state index in [0.717, 1.165) is 18.4 Å². The van der Waals surface area contributed by atoms with Crippen molar-refractivity contribution < 1.29 is 18.7 Å². The molecule has 0 unspecified atom stereocenters. The lowest BCUT2D eigenvalue weighted by Crippen LogP contribution is -2.45. The number of carbonyl (C=O) groups is 1. The van der Waals surface area contributed by atoms with E-state index in [2.05, 4.69) is 40.8 Å². The highest BCUT2D eigenvalue weighted by molar-refractivity contribution is 6.74. The number of carbonyl (C=O) groups excluding carboxylic acids is 1. The van der Waals surface area contributed by atoms with E-state index in [9.17, 15) is 4.79 Å². The van der Waals surface area contributed by atoms with Crippen LogP contribution in [-0.4, -0.2) is 38.7 Å². The van der Waals surface area contributed by atoms with E-state index in [1.807, 2.05) is 6.92 Å². The summed E-state index contributed by atoms with van der Waals surface area (Å²) in [5, 5.41) is 0.184. The van der Waals surface area contributed by atoms with Crippen molar-refractivity contribution in [2.24, 2.45) is 0 Å². The third-order valence-electron chi connectivity index (χ3n) is 5.35. The Balaban J connectivity index is 2.10. The molecule has 126 valence electrons. The van der Waals surface area contributed by atoms with Gasteiger partial charge in [-0.25, -0.2) is 4.79 Å². The van der Waals surface area contributed by atoms with Crippen molar-refractivity contribution >= 4 is 14.3 Å². The largest absolute Gasteiger partial charge is 0.463 e. The Morgan fingerprint density at radius 2 is 2.09 bits per heavy atom. The summed E-state index contributed by atoms with van der Waals surface area (Å²) in [6.45, 7) is 15.5. The number of fused-ring (bicyclic) bond motifs is 1. The van der Waals surface area contributed by atoms with E-state index in [1.165, 1.54) is 0 Å². The molecule has 4 nitrogen and oxygen atoms in total. The van der Waals surface area contributed by atoms with Crippen LogP contribution in [0.5, 0.6) is 0 Å². The summed E-state index contributed by atoms with van der Waals surface area (Å²) in [6, 6.07) is 0. The van der Waals surface area contributed by atoms with E-state index in [1.54, 1.807) is 6.08 Å². The van der Waals surface area contributed by atoms with E-state index in [0.29, 0.717) is 6.61 Å². The molecular formula is C17H30O4Si. The molecule has 0 radical (unpaired) electrons. The van der Waals surface area contributed by atoms with Crippen LogP contribution in [0.3, 0.4) is 0 Å². The fourth-order valence-corrected chi connectivity index (χ4v) is 4.17. The lowest BCUT2D eigenvalue weighted by atomic mass is 9.83. The zero-order valence-corrected chi connectivity index (χ0v) is 16.0. The predicted molar refractivity (Wildman–Crippen MR) is 89.3 cm³/mol. The van der Waals surface area contributed by atoms with Crippen molar-refractivity contribution in [2.75, 3.05) is 6.61 Å². The Morgan fingerprint density at radius 3 is 2.64 bits per heavy atom. The van der Waals surface area contributed by atoms with Crippen molar-refractivity contribution in [2.45, 2.75) is 83.4 Å². The minimum absolute atomic E-state index is 0.141. The molecule has 2 rings (SSSR count). The van der Waals surface area contributed by atoms with Crippen LogP contribution in [0.1, 0.15) is 47.5 Å². The van der Waals surface area contributed by atoms with E-state index >= 15 is 0 Å². The first-order chi connectivity index (χ1) is 9.99. The normalized spacial score (nSPS) is 33.5. The Labute approximate surface area is 135 Å². The van der Waals surface area contributed by atoms with Gasteiger partial charge in [0.2, 0.25) is 0 Å². The molecule has 5 heteroatoms. The van der Waals surface area contributed by atoms with Crippen molar-refractivity contribution in [3.8, 4) is 0 Å². The minimum Gasteiger partial charge on any atom is -0.463 e. The fraction of sp³-hybridized carbons (Fsp3) is 0.824. The van der Waals surface area contributed by atoms with Gasteiger partial charge < -0.3 is 13.9 Å². The van der Waals surface area contributed by atoms with Gasteiger partial charge >= 0.3 is 5.97 Å². The number of esters is 1. The maximum absolute atomic E-state index is 11.8. The van der Waals surface area contributed by atoms with Crippen molar-refractivity contribution in [1.29, 1.82) is 0 Å². The molecule has 0 N–H and O–H groups in total. The molecule has 2 aliphatic rings. The van der Waals surface area contributed by atoms with Gasteiger partial charge in [-0.3, -0.25) is 0 Å². The molecule has 1 aliphatic carbocycles.